The Morgan fingerprint density at radius 2 is 1.88 bits per heavy atom. The fraction of sp³-hybridized carbons (Fsp3) is 0.333. The summed E-state index contributed by atoms with van der Waals surface area (Å²) >= 11 is 0. The normalized spacial score (nSPS) is 11.7. The molecule has 0 heterocycles. The molecule has 92 valence electrons. The lowest BCUT2D eigenvalue weighted by Gasteiger charge is -2.06. The van der Waals surface area contributed by atoms with Gasteiger partial charge in [-0.2, -0.15) is 0 Å². The van der Waals surface area contributed by atoms with Crippen molar-refractivity contribution in [3.05, 3.63) is 29.8 Å². The minimum Gasteiger partial charge on any atom is -0.469 e. The zero-order valence-electron chi connectivity index (χ0n) is 9.67. The van der Waals surface area contributed by atoms with Gasteiger partial charge in [0.2, 0.25) is 0 Å². The van der Waals surface area contributed by atoms with E-state index in [0.717, 1.165) is 5.56 Å². The van der Waals surface area contributed by atoms with Crippen molar-refractivity contribution in [1.29, 1.82) is 0 Å². The highest BCUT2D eigenvalue weighted by molar-refractivity contribution is 5.76. The molecule has 5 heteroatoms. The maximum atomic E-state index is 11.1. The first-order valence-corrected chi connectivity index (χ1v) is 5.08. The number of esters is 2. The molecule has 1 aromatic carbocycles. The number of methoxy groups -OCH3 is 1. The second-order valence-corrected chi connectivity index (χ2v) is 3.49. The highest BCUT2D eigenvalue weighted by Crippen LogP contribution is 2.13. The average molecular weight is 238 g/mol. The Morgan fingerprint density at radius 1 is 1.29 bits per heavy atom. The molecule has 17 heavy (non-hydrogen) atoms. The summed E-state index contributed by atoms with van der Waals surface area (Å²) in [6.07, 6.45) is -0.994. The van der Waals surface area contributed by atoms with Gasteiger partial charge >= 0.3 is 11.9 Å². The van der Waals surface area contributed by atoms with E-state index in [1.54, 1.807) is 24.3 Å². The van der Waals surface area contributed by atoms with Crippen LogP contribution < -0.4 is 4.74 Å². The van der Waals surface area contributed by atoms with Crippen LogP contribution in [0.3, 0.4) is 0 Å². The van der Waals surface area contributed by atoms with Gasteiger partial charge in [-0.25, -0.2) is 4.79 Å². The molecule has 1 aromatic rings. The average Bonchev–Trinajstić information content (AvgIpc) is 2.31. The number of hydrogen-bond donors (Lipinski definition) is 1. The molecule has 0 fully saturated rings. The van der Waals surface area contributed by atoms with Gasteiger partial charge in [0, 0.05) is 0 Å². The molecule has 5 nitrogen and oxygen atoms in total. The maximum absolute atomic E-state index is 11.1. The summed E-state index contributed by atoms with van der Waals surface area (Å²) in [7, 11) is 1.32. The van der Waals surface area contributed by atoms with Crippen LogP contribution >= 0.6 is 0 Å². The first kappa shape index (κ1) is 13.2. The molecule has 1 N–H and O–H groups in total. The molecule has 0 spiro atoms. The highest BCUT2D eigenvalue weighted by atomic mass is 16.5. The second-order valence-electron chi connectivity index (χ2n) is 3.49. The molecule has 1 rings (SSSR count). The van der Waals surface area contributed by atoms with E-state index >= 15 is 0 Å². The minimum absolute atomic E-state index is 0.168. The van der Waals surface area contributed by atoms with E-state index in [1.807, 2.05) is 0 Å². The van der Waals surface area contributed by atoms with E-state index in [9.17, 15) is 9.59 Å². The summed E-state index contributed by atoms with van der Waals surface area (Å²) in [5.41, 5.74) is 0.758. The van der Waals surface area contributed by atoms with Crippen LogP contribution in [0.15, 0.2) is 24.3 Å². The van der Waals surface area contributed by atoms with Gasteiger partial charge in [-0.1, -0.05) is 12.1 Å². The van der Waals surface area contributed by atoms with Gasteiger partial charge in [-0.3, -0.25) is 4.79 Å². The van der Waals surface area contributed by atoms with E-state index < -0.39 is 12.1 Å². The Morgan fingerprint density at radius 3 is 2.35 bits per heavy atom. The second kappa shape index (κ2) is 6.00. The predicted molar refractivity (Wildman–Crippen MR) is 59.5 cm³/mol. The molecule has 0 aliphatic carbocycles. The first-order chi connectivity index (χ1) is 8.02. The van der Waals surface area contributed by atoms with E-state index in [-0.39, 0.29) is 12.4 Å². The third-order valence-electron chi connectivity index (χ3n) is 2.06. The van der Waals surface area contributed by atoms with Gasteiger partial charge in [-0.15, -0.1) is 0 Å². The van der Waals surface area contributed by atoms with Crippen molar-refractivity contribution in [1.82, 2.24) is 0 Å². The van der Waals surface area contributed by atoms with Crippen LogP contribution in [-0.4, -0.2) is 30.3 Å². The number of rotatable bonds is 4. The Labute approximate surface area is 99.0 Å². The van der Waals surface area contributed by atoms with Gasteiger partial charge in [0.15, 0.2) is 0 Å². The molecular weight excluding hydrogens is 224 g/mol. The van der Waals surface area contributed by atoms with E-state index in [2.05, 4.69) is 4.74 Å². The number of hydrogen-bond acceptors (Lipinski definition) is 5. The van der Waals surface area contributed by atoms with Crippen LogP contribution in [0, 0.1) is 0 Å². The topological polar surface area (TPSA) is 72.8 Å². The standard InChI is InChI=1S/C12H14O5/c1-8(13)12(15)17-10-5-3-9(4-6-10)7-11(14)16-2/h3-6,8,13H,7H2,1-2H3. The maximum Gasteiger partial charge on any atom is 0.340 e. The molecule has 0 radical (unpaired) electrons. The number of carbonyl (C=O) groups is 2. The summed E-state index contributed by atoms with van der Waals surface area (Å²) in [6.45, 7) is 1.33. The Kier molecular flexibility index (Phi) is 4.66. The zero-order chi connectivity index (χ0) is 12.8. The summed E-state index contributed by atoms with van der Waals surface area (Å²) in [5.74, 6) is -0.728. The third-order valence-corrected chi connectivity index (χ3v) is 2.06. The fourth-order valence-corrected chi connectivity index (χ4v) is 1.12. The van der Waals surface area contributed by atoms with Crippen LogP contribution in [0.5, 0.6) is 5.75 Å². The molecule has 0 bridgehead atoms. The number of ether oxygens (including phenoxy) is 2. The van der Waals surface area contributed by atoms with Crippen LogP contribution in [0.4, 0.5) is 0 Å². The molecule has 0 aromatic heterocycles. The van der Waals surface area contributed by atoms with Crippen LogP contribution in [0.25, 0.3) is 0 Å². The molecule has 0 aliphatic rings. The minimum atomic E-state index is -1.16. The summed E-state index contributed by atoms with van der Waals surface area (Å²) < 4.78 is 9.38. The Hall–Kier alpha value is -1.88. The van der Waals surface area contributed by atoms with E-state index in [0.29, 0.717) is 5.75 Å². The summed E-state index contributed by atoms with van der Waals surface area (Å²) in [6, 6.07) is 6.42. The SMILES string of the molecule is COC(=O)Cc1ccc(OC(=O)C(C)O)cc1. The van der Waals surface area contributed by atoms with Crippen LogP contribution in [-0.2, 0) is 20.7 Å². The van der Waals surface area contributed by atoms with Gasteiger partial charge in [0.1, 0.15) is 11.9 Å². The van der Waals surface area contributed by atoms with Gasteiger partial charge in [0.05, 0.1) is 13.5 Å². The number of aliphatic hydroxyl groups excluding tert-OH is 1. The van der Waals surface area contributed by atoms with Crippen molar-refractivity contribution in [2.45, 2.75) is 19.4 Å². The van der Waals surface area contributed by atoms with Crippen molar-refractivity contribution >= 4 is 11.9 Å². The van der Waals surface area contributed by atoms with Crippen molar-refractivity contribution < 1.29 is 24.2 Å². The molecular formula is C12H14O5. The van der Waals surface area contributed by atoms with Gasteiger partial charge < -0.3 is 14.6 Å². The Balaban J connectivity index is 2.62. The fourth-order valence-electron chi connectivity index (χ4n) is 1.12. The van der Waals surface area contributed by atoms with Crippen molar-refractivity contribution in [2.75, 3.05) is 7.11 Å². The van der Waals surface area contributed by atoms with Crippen LogP contribution in [0.1, 0.15) is 12.5 Å². The lowest BCUT2D eigenvalue weighted by atomic mass is 10.1. The third kappa shape index (κ3) is 4.24. The van der Waals surface area contributed by atoms with E-state index in [1.165, 1.54) is 14.0 Å². The van der Waals surface area contributed by atoms with Crippen molar-refractivity contribution in [2.24, 2.45) is 0 Å². The molecule has 1 atom stereocenters. The quantitative estimate of drug-likeness (QED) is 0.617. The number of benzene rings is 1. The zero-order valence-corrected chi connectivity index (χ0v) is 9.67. The van der Waals surface area contributed by atoms with Crippen LogP contribution in [0.2, 0.25) is 0 Å². The molecule has 0 aliphatic heterocycles. The summed E-state index contributed by atoms with van der Waals surface area (Å²) in [5, 5.41) is 8.95. The molecule has 0 saturated carbocycles. The first-order valence-electron chi connectivity index (χ1n) is 5.08. The highest BCUT2D eigenvalue weighted by Gasteiger charge is 2.11. The van der Waals surface area contributed by atoms with Gasteiger partial charge in [-0.05, 0) is 24.6 Å². The molecule has 0 amide bonds. The predicted octanol–water partition coefficient (Wildman–Crippen LogP) is 0.688. The summed E-state index contributed by atoms with van der Waals surface area (Å²) in [4.78, 5) is 22.1. The van der Waals surface area contributed by atoms with Crippen molar-refractivity contribution in [3.63, 3.8) is 0 Å². The monoisotopic (exact) mass is 238 g/mol. The van der Waals surface area contributed by atoms with E-state index in [4.69, 9.17) is 9.84 Å². The molecule has 1 unspecified atom stereocenters. The largest absolute Gasteiger partial charge is 0.469 e. The lowest BCUT2D eigenvalue weighted by molar-refractivity contribution is -0.143. The number of carbonyl (C=O) groups excluding carboxylic acids is 2. The lowest BCUT2D eigenvalue weighted by Crippen LogP contribution is -2.22. The number of aliphatic hydroxyl groups is 1. The Bertz CT molecular complexity index is 394. The molecule has 0 saturated heterocycles. The van der Waals surface area contributed by atoms with Gasteiger partial charge in [0.25, 0.3) is 0 Å². The smallest absolute Gasteiger partial charge is 0.340 e. The van der Waals surface area contributed by atoms with Crippen molar-refractivity contribution in [3.8, 4) is 5.75 Å².